The van der Waals surface area contributed by atoms with Gasteiger partial charge in [0.15, 0.2) is 17.3 Å². The van der Waals surface area contributed by atoms with E-state index in [1.54, 1.807) is 37.3 Å². The van der Waals surface area contributed by atoms with E-state index < -0.39 is 23.4 Å². The molecule has 0 aromatic heterocycles. The van der Waals surface area contributed by atoms with Crippen molar-refractivity contribution in [3.05, 3.63) is 106 Å². The van der Waals surface area contributed by atoms with Gasteiger partial charge in [0.05, 0.1) is 12.1 Å². The SMILES string of the molecule is CC(=O)[C@@H]1[C@H](c2ccccc2)C2(C(=O)c3ccccc3C2=O)[C@H]2C=Cc3cc(Cl)ccc3N12. The van der Waals surface area contributed by atoms with Crippen molar-refractivity contribution in [2.24, 2.45) is 5.41 Å². The number of fused-ring (bicyclic) bond motifs is 5. The molecule has 1 aliphatic carbocycles. The van der Waals surface area contributed by atoms with Crippen LogP contribution in [0.3, 0.4) is 0 Å². The number of benzene rings is 3. The lowest BCUT2D eigenvalue weighted by Gasteiger charge is -2.37. The number of anilines is 1. The molecule has 2 aliphatic heterocycles. The summed E-state index contributed by atoms with van der Waals surface area (Å²) in [5.74, 6) is -1.13. The Kier molecular flexibility index (Phi) is 4.27. The van der Waals surface area contributed by atoms with Crippen LogP contribution < -0.4 is 4.90 Å². The normalized spacial score (nSPS) is 24.1. The van der Waals surface area contributed by atoms with Gasteiger partial charge in [-0.05, 0) is 36.2 Å². The van der Waals surface area contributed by atoms with Gasteiger partial charge in [-0.25, -0.2) is 0 Å². The van der Waals surface area contributed by atoms with Crippen LogP contribution in [0.4, 0.5) is 5.69 Å². The Hall–Kier alpha value is -3.50. The van der Waals surface area contributed by atoms with Crippen LogP contribution in [0.15, 0.2) is 78.9 Å². The highest BCUT2D eigenvalue weighted by Crippen LogP contribution is 2.60. The van der Waals surface area contributed by atoms with Gasteiger partial charge in [0.1, 0.15) is 5.41 Å². The van der Waals surface area contributed by atoms with Gasteiger partial charge in [-0.2, -0.15) is 0 Å². The van der Waals surface area contributed by atoms with E-state index in [4.69, 9.17) is 11.6 Å². The Morgan fingerprint density at radius 2 is 1.55 bits per heavy atom. The smallest absolute Gasteiger partial charge is 0.180 e. The maximum Gasteiger partial charge on any atom is 0.180 e. The maximum atomic E-state index is 14.2. The van der Waals surface area contributed by atoms with E-state index in [1.165, 1.54) is 0 Å². The van der Waals surface area contributed by atoms with Gasteiger partial charge in [0, 0.05) is 27.8 Å². The van der Waals surface area contributed by atoms with Gasteiger partial charge in [-0.1, -0.05) is 78.4 Å². The standard InChI is InChI=1S/C28H20ClNO3/c1-16(31)25-24(17-7-3-2-4-8-17)28(26(32)20-9-5-6-10-21(20)27(28)33)23-14-11-18-15-19(29)12-13-22(18)30(23)25/h2-15,23-25H,1H3/t23-,24+,25-/m1/s1. The quantitative estimate of drug-likeness (QED) is 0.490. The molecule has 0 radical (unpaired) electrons. The molecular weight excluding hydrogens is 434 g/mol. The van der Waals surface area contributed by atoms with Crippen molar-refractivity contribution in [2.75, 3.05) is 4.90 Å². The number of rotatable bonds is 2. The first-order valence-electron chi connectivity index (χ1n) is 11.0. The van der Waals surface area contributed by atoms with Gasteiger partial charge in [0.2, 0.25) is 0 Å². The predicted molar refractivity (Wildman–Crippen MR) is 128 cm³/mol. The summed E-state index contributed by atoms with van der Waals surface area (Å²) in [4.78, 5) is 43.6. The zero-order valence-electron chi connectivity index (χ0n) is 17.9. The third-order valence-electron chi connectivity index (χ3n) is 7.34. The van der Waals surface area contributed by atoms with Crippen LogP contribution in [0, 0.1) is 5.41 Å². The molecule has 0 amide bonds. The van der Waals surface area contributed by atoms with Crippen LogP contribution in [0.2, 0.25) is 5.02 Å². The molecule has 3 aliphatic rings. The predicted octanol–water partition coefficient (Wildman–Crippen LogP) is 5.36. The molecule has 0 bridgehead atoms. The Morgan fingerprint density at radius 3 is 2.18 bits per heavy atom. The molecule has 3 atom stereocenters. The molecule has 1 fully saturated rings. The van der Waals surface area contributed by atoms with Crippen molar-refractivity contribution in [3.8, 4) is 0 Å². The van der Waals surface area contributed by atoms with Gasteiger partial charge in [-0.15, -0.1) is 0 Å². The Labute approximate surface area is 196 Å². The molecule has 2 heterocycles. The number of carbonyl (C=O) groups is 3. The Balaban J connectivity index is 1.68. The third kappa shape index (κ3) is 2.50. The highest BCUT2D eigenvalue weighted by Gasteiger charge is 2.71. The van der Waals surface area contributed by atoms with Crippen molar-refractivity contribution in [3.63, 3.8) is 0 Å². The maximum absolute atomic E-state index is 14.2. The number of hydrogen-bond acceptors (Lipinski definition) is 4. The first-order chi connectivity index (χ1) is 16.0. The van der Waals surface area contributed by atoms with E-state index in [2.05, 4.69) is 0 Å². The second-order valence-electron chi connectivity index (χ2n) is 8.93. The lowest BCUT2D eigenvalue weighted by molar-refractivity contribution is -0.118. The summed E-state index contributed by atoms with van der Waals surface area (Å²) in [5, 5.41) is 0.588. The number of ketones is 3. The van der Waals surface area contributed by atoms with Crippen molar-refractivity contribution in [2.45, 2.75) is 24.9 Å². The van der Waals surface area contributed by atoms with Crippen LogP contribution in [-0.4, -0.2) is 29.4 Å². The van der Waals surface area contributed by atoms with Gasteiger partial charge in [-0.3, -0.25) is 14.4 Å². The van der Waals surface area contributed by atoms with Gasteiger partial charge >= 0.3 is 0 Å². The monoisotopic (exact) mass is 453 g/mol. The average molecular weight is 454 g/mol. The minimum Gasteiger partial charge on any atom is -0.352 e. The number of halogens is 1. The number of carbonyl (C=O) groups excluding carboxylic acids is 3. The first-order valence-corrected chi connectivity index (χ1v) is 11.3. The molecule has 3 aromatic rings. The zero-order valence-corrected chi connectivity index (χ0v) is 18.6. The van der Waals surface area contributed by atoms with Gasteiger partial charge in [0.25, 0.3) is 0 Å². The molecule has 5 heteroatoms. The summed E-state index contributed by atoms with van der Waals surface area (Å²) in [5.41, 5.74) is 1.93. The van der Waals surface area contributed by atoms with Crippen LogP contribution in [0.1, 0.15) is 44.7 Å². The molecule has 6 rings (SSSR count). The Bertz CT molecular complexity index is 1340. The molecule has 0 unspecified atom stereocenters. The lowest BCUT2D eigenvalue weighted by atomic mass is 9.64. The van der Waals surface area contributed by atoms with Crippen molar-refractivity contribution in [1.29, 1.82) is 0 Å². The summed E-state index contributed by atoms with van der Waals surface area (Å²) in [6.07, 6.45) is 3.82. The largest absolute Gasteiger partial charge is 0.352 e. The van der Waals surface area contributed by atoms with E-state index in [0.29, 0.717) is 16.1 Å². The Morgan fingerprint density at radius 1 is 0.909 bits per heavy atom. The van der Waals surface area contributed by atoms with E-state index in [-0.39, 0.29) is 17.3 Å². The van der Waals surface area contributed by atoms with Crippen molar-refractivity contribution < 1.29 is 14.4 Å². The second-order valence-corrected chi connectivity index (χ2v) is 9.37. The molecule has 0 saturated carbocycles. The van der Waals surface area contributed by atoms with Crippen molar-refractivity contribution >= 4 is 40.7 Å². The second kappa shape index (κ2) is 7.00. The first kappa shape index (κ1) is 20.1. The topological polar surface area (TPSA) is 54.5 Å². The number of nitrogens with zero attached hydrogens (tertiary/aromatic N) is 1. The molecule has 4 nitrogen and oxygen atoms in total. The zero-order chi connectivity index (χ0) is 22.9. The van der Waals surface area contributed by atoms with E-state index >= 15 is 0 Å². The fourth-order valence-corrected chi connectivity index (χ4v) is 6.31. The number of Topliss-reactive ketones (excluding diaryl/α,β-unsaturated/α-hetero) is 3. The summed E-state index contributed by atoms with van der Waals surface area (Å²) >= 11 is 6.24. The summed E-state index contributed by atoms with van der Waals surface area (Å²) in [7, 11) is 0. The van der Waals surface area contributed by atoms with E-state index in [9.17, 15) is 14.4 Å². The summed E-state index contributed by atoms with van der Waals surface area (Å²) in [6, 6.07) is 20.7. The molecule has 1 spiro atoms. The van der Waals surface area contributed by atoms with Crippen LogP contribution in [0.5, 0.6) is 0 Å². The molecule has 162 valence electrons. The highest BCUT2D eigenvalue weighted by atomic mass is 35.5. The van der Waals surface area contributed by atoms with Crippen LogP contribution >= 0.6 is 11.6 Å². The summed E-state index contributed by atoms with van der Waals surface area (Å²) in [6.45, 7) is 1.54. The van der Waals surface area contributed by atoms with Crippen molar-refractivity contribution in [1.82, 2.24) is 0 Å². The average Bonchev–Trinajstić information content (AvgIpc) is 3.26. The molecule has 1 saturated heterocycles. The lowest BCUT2D eigenvalue weighted by Crippen LogP contribution is -2.48. The summed E-state index contributed by atoms with van der Waals surface area (Å²) < 4.78 is 0. The molecule has 33 heavy (non-hydrogen) atoms. The molecular formula is C28H20ClNO3. The third-order valence-corrected chi connectivity index (χ3v) is 7.58. The minimum absolute atomic E-state index is 0.0847. The molecule has 0 N–H and O–H groups in total. The highest BCUT2D eigenvalue weighted by molar-refractivity contribution is 6.32. The fourth-order valence-electron chi connectivity index (χ4n) is 6.13. The van der Waals surface area contributed by atoms with Gasteiger partial charge < -0.3 is 4.90 Å². The van der Waals surface area contributed by atoms with E-state index in [1.807, 2.05) is 59.5 Å². The minimum atomic E-state index is -1.42. The fraction of sp³-hybridized carbons (Fsp3) is 0.179. The van der Waals surface area contributed by atoms with Crippen LogP contribution in [0.25, 0.3) is 6.08 Å². The van der Waals surface area contributed by atoms with E-state index in [0.717, 1.165) is 16.8 Å². The molecule has 3 aromatic carbocycles. The number of hydrogen-bond donors (Lipinski definition) is 0. The van der Waals surface area contributed by atoms with Crippen LogP contribution in [-0.2, 0) is 4.79 Å².